The number of amides is 1. The number of aliphatic carboxylic acids is 1. The van der Waals surface area contributed by atoms with E-state index in [0.29, 0.717) is 0 Å². The number of hydrogen-bond donors (Lipinski definition) is 1. The third-order valence-corrected chi connectivity index (χ3v) is 3.37. The van der Waals surface area contributed by atoms with Crippen molar-refractivity contribution in [2.75, 3.05) is 18.1 Å². The SMILES string of the molecule is CC1(CC(=O)O)CN(c2ccc(C(F)(F)F)cc2)C(=O)CO1. The molecule has 0 radical (unpaired) electrons. The van der Waals surface area contributed by atoms with Gasteiger partial charge in [-0.05, 0) is 31.2 Å². The zero-order valence-corrected chi connectivity index (χ0v) is 11.7. The summed E-state index contributed by atoms with van der Waals surface area (Å²) >= 11 is 0. The number of morpholine rings is 1. The van der Waals surface area contributed by atoms with Crippen LogP contribution in [0, 0.1) is 0 Å². The van der Waals surface area contributed by atoms with E-state index >= 15 is 0 Å². The number of carbonyl (C=O) groups is 2. The van der Waals surface area contributed by atoms with Gasteiger partial charge in [-0.25, -0.2) is 0 Å². The van der Waals surface area contributed by atoms with Crippen LogP contribution < -0.4 is 4.90 Å². The Labute approximate surface area is 124 Å². The Bertz CT molecular complexity index is 585. The molecule has 5 nitrogen and oxygen atoms in total. The van der Waals surface area contributed by atoms with E-state index in [1.165, 1.54) is 17.0 Å². The van der Waals surface area contributed by atoms with Crippen molar-refractivity contribution in [3.63, 3.8) is 0 Å². The third kappa shape index (κ3) is 3.56. The summed E-state index contributed by atoms with van der Waals surface area (Å²) in [7, 11) is 0. The molecule has 8 heteroatoms. The zero-order chi connectivity index (χ0) is 16.5. The van der Waals surface area contributed by atoms with Gasteiger partial charge in [0.1, 0.15) is 6.61 Å². The van der Waals surface area contributed by atoms with E-state index in [0.717, 1.165) is 12.1 Å². The fourth-order valence-electron chi connectivity index (χ4n) is 2.27. The molecule has 0 saturated carbocycles. The summed E-state index contributed by atoms with van der Waals surface area (Å²) < 4.78 is 42.9. The number of nitrogens with zero attached hydrogens (tertiary/aromatic N) is 1. The van der Waals surface area contributed by atoms with Crippen molar-refractivity contribution in [2.24, 2.45) is 0 Å². The van der Waals surface area contributed by atoms with Gasteiger partial charge in [-0.1, -0.05) is 0 Å². The molecule has 1 fully saturated rings. The second-order valence-corrected chi connectivity index (χ2v) is 5.33. The molecule has 0 bridgehead atoms. The molecule has 0 aromatic heterocycles. The standard InChI is InChI=1S/C14H14F3NO4/c1-13(6-12(20)21)8-18(11(19)7-22-13)10-4-2-9(3-5-10)14(15,16)17/h2-5H,6-8H2,1H3,(H,20,21). The Balaban J connectivity index is 2.22. The maximum absolute atomic E-state index is 12.5. The van der Waals surface area contributed by atoms with E-state index in [2.05, 4.69) is 0 Å². The highest BCUT2D eigenvalue weighted by atomic mass is 19.4. The van der Waals surface area contributed by atoms with Crippen LogP contribution in [0.15, 0.2) is 24.3 Å². The quantitative estimate of drug-likeness (QED) is 0.929. The molecular weight excluding hydrogens is 303 g/mol. The van der Waals surface area contributed by atoms with Gasteiger partial charge >= 0.3 is 12.1 Å². The van der Waals surface area contributed by atoms with Crippen molar-refractivity contribution in [3.8, 4) is 0 Å². The lowest BCUT2D eigenvalue weighted by Crippen LogP contribution is -2.54. The lowest BCUT2D eigenvalue weighted by molar-refractivity contribution is -0.151. The lowest BCUT2D eigenvalue weighted by Gasteiger charge is -2.39. The van der Waals surface area contributed by atoms with E-state index < -0.39 is 29.2 Å². The van der Waals surface area contributed by atoms with Gasteiger partial charge in [-0.3, -0.25) is 9.59 Å². The largest absolute Gasteiger partial charge is 0.481 e. The number of carbonyl (C=O) groups excluding carboxylic acids is 1. The summed E-state index contributed by atoms with van der Waals surface area (Å²) in [5.74, 6) is -1.51. The molecule has 1 aromatic carbocycles. The summed E-state index contributed by atoms with van der Waals surface area (Å²) in [5.41, 5.74) is -1.62. The number of benzene rings is 1. The van der Waals surface area contributed by atoms with Crippen molar-refractivity contribution < 1.29 is 32.6 Å². The molecule has 1 amide bonds. The van der Waals surface area contributed by atoms with Gasteiger partial charge in [0.05, 0.1) is 24.1 Å². The molecule has 1 N–H and O–H groups in total. The number of carboxylic acid groups (broad SMARTS) is 1. The number of carboxylic acids is 1. The maximum Gasteiger partial charge on any atom is 0.416 e. The molecule has 1 aliphatic heterocycles. The van der Waals surface area contributed by atoms with Crippen LogP contribution in [0.1, 0.15) is 18.9 Å². The Hall–Kier alpha value is -2.09. The molecule has 1 aromatic rings. The number of halogens is 3. The molecule has 120 valence electrons. The van der Waals surface area contributed by atoms with Crippen molar-refractivity contribution in [1.82, 2.24) is 0 Å². The van der Waals surface area contributed by atoms with Crippen LogP contribution >= 0.6 is 0 Å². The summed E-state index contributed by atoms with van der Waals surface area (Å²) in [6.45, 7) is 1.19. The number of alkyl halides is 3. The Morgan fingerprint density at radius 2 is 1.95 bits per heavy atom. The van der Waals surface area contributed by atoms with Crippen molar-refractivity contribution in [3.05, 3.63) is 29.8 Å². The first-order valence-electron chi connectivity index (χ1n) is 6.44. The van der Waals surface area contributed by atoms with Crippen LogP contribution in [-0.4, -0.2) is 35.7 Å². The first-order valence-corrected chi connectivity index (χ1v) is 6.44. The Morgan fingerprint density at radius 1 is 1.36 bits per heavy atom. The van der Waals surface area contributed by atoms with Gasteiger partial charge in [0.2, 0.25) is 0 Å². The van der Waals surface area contributed by atoms with E-state index in [-0.39, 0.29) is 25.3 Å². The minimum absolute atomic E-state index is 0.0382. The van der Waals surface area contributed by atoms with Crippen LogP contribution in [0.3, 0.4) is 0 Å². The number of anilines is 1. The van der Waals surface area contributed by atoms with Gasteiger partial charge in [0, 0.05) is 5.69 Å². The monoisotopic (exact) mass is 317 g/mol. The highest BCUT2D eigenvalue weighted by molar-refractivity contribution is 5.95. The number of hydrogen-bond acceptors (Lipinski definition) is 3. The fraction of sp³-hybridized carbons (Fsp3) is 0.429. The molecule has 0 spiro atoms. The van der Waals surface area contributed by atoms with Crippen molar-refractivity contribution >= 4 is 17.6 Å². The molecule has 1 aliphatic rings. The van der Waals surface area contributed by atoms with E-state index in [4.69, 9.17) is 9.84 Å². The molecular formula is C14H14F3NO4. The van der Waals surface area contributed by atoms with Gasteiger partial charge in [-0.15, -0.1) is 0 Å². The number of rotatable bonds is 3. The molecule has 1 unspecified atom stereocenters. The van der Waals surface area contributed by atoms with Gasteiger partial charge in [-0.2, -0.15) is 13.2 Å². The third-order valence-electron chi connectivity index (χ3n) is 3.37. The molecule has 1 heterocycles. The molecule has 22 heavy (non-hydrogen) atoms. The fourth-order valence-corrected chi connectivity index (χ4v) is 2.27. The van der Waals surface area contributed by atoms with E-state index in [1.54, 1.807) is 6.92 Å². The summed E-state index contributed by atoms with van der Waals surface area (Å²) in [6, 6.07) is 4.14. The first kappa shape index (κ1) is 16.3. The van der Waals surface area contributed by atoms with Crippen LogP contribution in [0.2, 0.25) is 0 Å². The van der Waals surface area contributed by atoms with Crippen molar-refractivity contribution in [1.29, 1.82) is 0 Å². The Kier molecular flexibility index (Phi) is 4.15. The second-order valence-electron chi connectivity index (χ2n) is 5.33. The molecule has 1 saturated heterocycles. The van der Waals surface area contributed by atoms with Gasteiger partial charge in [0.15, 0.2) is 0 Å². The smallest absolute Gasteiger partial charge is 0.416 e. The minimum Gasteiger partial charge on any atom is -0.481 e. The summed E-state index contributed by atoms with van der Waals surface area (Å²) in [6.07, 6.45) is -4.76. The maximum atomic E-state index is 12.5. The highest BCUT2D eigenvalue weighted by Gasteiger charge is 2.38. The van der Waals surface area contributed by atoms with Crippen LogP contribution in [0.4, 0.5) is 18.9 Å². The molecule has 0 aliphatic carbocycles. The van der Waals surface area contributed by atoms with Crippen LogP contribution in [0.5, 0.6) is 0 Å². The predicted molar refractivity (Wildman–Crippen MR) is 70.4 cm³/mol. The predicted octanol–water partition coefficient (Wildman–Crippen LogP) is 2.30. The average molecular weight is 317 g/mol. The summed E-state index contributed by atoms with van der Waals surface area (Å²) in [4.78, 5) is 24.0. The average Bonchev–Trinajstić information content (AvgIpc) is 2.40. The second kappa shape index (κ2) is 5.60. The normalized spacial score (nSPS) is 22.7. The van der Waals surface area contributed by atoms with Gasteiger partial charge < -0.3 is 14.7 Å². The van der Waals surface area contributed by atoms with Crippen molar-refractivity contribution in [2.45, 2.75) is 25.1 Å². The van der Waals surface area contributed by atoms with E-state index in [9.17, 15) is 22.8 Å². The van der Waals surface area contributed by atoms with Crippen LogP contribution in [-0.2, 0) is 20.5 Å². The zero-order valence-electron chi connectivity index (χ0n) is 11.7. The van der Waals surface area contributed by atoms with Gasteiger partial charge in [0.25, 0.3) is 5.91 Å². The highest BCUT2D eigenvalue weighted by Crippen LogP contribution is 2.32. The first-order chi connectivity index (χ1) is 10.1. The molecule has 1 atom stereocenters. The topological polar surface area (TPSA) is 66.8 Å². The summed E-state index contributed by atoms with van der Waals surface area (Å²) in [5, 5.41) is 8.87. The van der Waals surface area contributed by atoms with Crippen LogP contribution in [0.25, 0.3) is 0 Å². The minimum atomic E-state index is -4.45. The number of ether oxygens (including phenoxy) is 1. The molecule has 2 rings (SSSR count). The lowest BCUT2D eigenvalue weighted by atomic mass is 9.99. The Morgan fingerprint density at radius 3 is 2.45 bits per heavy atom. The van der Waals surface area contributed by atoms with E-state index in [1.807, 2.05) is 0 Å².